The summed E-state index contributed by atoms with van der Waals surface area (Å²) in [6.07, 6.45) is 7.21. The maximum Gasteiger partial charge on any atom is 0.258 e. The Hall–Kier alpha value is -1.85. The average molecular weight is 451 g/mol. The molecule has 2 aromatic rings. The van der Waals surface area contributed by atoms with Crippen molar-refractivity contribution in [1.82, 2.24) is 9.55 Å². The van der Waals surface area contributed by atoms with Crippen LogP contribution in [0.25, 0.3) is 11.3 Å². The van der Waals surface area contributed by atoms with Gasteiger partial charge in [-0.1, -0.05) is 61.0 Å². The summed E-state index contributed by atoms with van der Waals surface area (Å²) < 4.78 is 8.04. The van der Waals surface area contributed by atoms with Crippen LogP contribution in [0.2, 0.25) is 0 Å². The molecule has 1 aromatic carbocycles. The molecule has 0 bridgehead atoms. The highest BCUT2D eigenvalue weighted by Crippen LogP contribution is 2.50. The van der Waals surface area contributed by atoms with E-state index in [2.05, 4.69) is 44.7 Å². The van der Waals surface area contributed by atoms with E-state index in [-0.39, 0.29) is 22.6 Å². The second kappa shape index (κ2) is 8.18. The Bertz CT molecular complexity index is 1110. The minimum Gasteiger partial charge on any atom is -0.375 e. The Morgan fingerprint density at radius 3 is 2.75 bits per heavy atom. The number of nitrogens with zero attached hydrogens (tertiary/aromatic N) is 2. The third-order valence-electron chi connectivity index (χ3n) is 7.46. The molecule has 32 heavy (non-hydrogen) atoms. The summed E-state index contributed by atoms with van der Waals surface area (Å²) in [5.41, 5.74) is 5.40. The first-order chi connectivity index (χ1) is 15.3. The molecule has 1 saturated carbocycles. The van der Waals surface area contributed by atoms with Crippen molar-refractivity contribution >= 4 is 11.8 Å². The standard InChI is InChI=1S/C27H34N2O2S/c1-18(2)17-32-25-28-23-21-10-6-5-9-19(21)15-27(12-7-8-13-27)22(23)24(30)29(25)20-11-14-31-26(3,4)16-20/h5-6,9-10,20H,1,7-8,11-17H2,2-4H3/t20-/m1/s1. The van der Waals surface area contributed by atoms with Gasteiger partial charge in [0.2, 0.25) is 0 Å². The van der Waals surface area contributed by atoms with Crippen LogP contribution in [0.3, 0.4) is 0 Å². The number of thioether (sulfide) groups is 1. The van der Waals surface area contributed by atoms with Gasteiger partial charge in [-0.15, -0.1) is 0 Å². The molecule has 2 fully saturated rings. The third kappa shape index (κ3) is 3.77. The van der Waals surface area contributed by atoms with E-state index < -0.39 is 0 Å². The van der Waals surface area contributed by atoms with Crippen molar-refractivity contribution in [2.45, 2.75) is 87.9 Å². The first kappa shape index (κ1) is 22.0. The molecule has 0 unspecified atom stereocenters. The van der Waals surface area contributed by atoms with E-state index in [0.29, 0.717) is 6.61 Å². The van der Waals surface area contributed by atoms with Crippen molar-refractivity contribution < 1.29 is 4.74 Å². The maximum absolute atomic E-state index is 14.4. The van der Waals surface area contributed by atoms with Crippen molar-refractivity contribution in [3.8, 4) is 11.3 Å². The fourth-order valence-corrected chi connectivity index (χ4v) is 6.96. The van der Waals surface area contributed by atoms with Crippen molar-refractivity contribution in [1.29, 1.82) is 0 Å². The van der Waals surface area contributed by atoms with Crippen LogP contribution in [0, 0.1) is 0 Å². The molecule has 4 nitrogen and oxygen atoms in total. The SMILES string of the molecule is C=C(C)CSc1nc2c(c(=O)n1[C@@H]1CCOC(C)(C)C1)C1(CCCC1)Cc1ccccc1-2. The van der Waals surface area contributed by atoms with Crippen molar-refractivity contribution in [2.24, 2.45) is 0 Å². The van der Waals surface area contributed by atoms with E-state index in [1.165, 1.54) is 18.4 Å². The Morgan fingerprint density at radius 1 is 1.28 bits per heavy atom. The summed E-state index contributed by atoms with van der Waals surface area (Å²) in [7, 11) is 0. The lowest BCUT2D eigenvalue weighted by Gasteiger charge is -2.40. The molecule has 1 atom stereocenters. The molecule has 3 aliphatic rings. The number of benzene rings is 1. The molecule has 0 radical (unpaired) electrons. The molecular weight excluding hydrogens is 416 g/mol. The molecule has 1 aliphatic heterocycles. The Labute approximate surface area is 195 Å². The lowest BCUT2D eigenvalue weighted by Crippen LogP contribution is -2.44. The van der Waals surface area contributed by atoms with Crippen LogP contribution >= 0.6 is 11.8 Å². The Morgan fingerprint density at radius 2 is 2.03 bits per heavy atom. The van der Waals surface area contributed by atoms with E-state index in [1.807, 2.05) is 11.5 Å². The molecule has 5 rings (SSSR count). The van der Waals surface area contributed by atoms with Gasteiger partial charge in [0.15, 0.2) is 5.16 Å². The second-order valence-electron chi connectivity index (χ2n) is 10.6. The van der Waals surface area contributed by atoms with Gasteiger partial charge in [0, 0.05) is 29.4 Å². The monoisotopic (exact) mass is 450 g/mol. The van der Waals surface area contributed by atoms with Crippen LogP contribution in [-0.4, -0.2) is 27.5 Å². The van der Waals surface area contributed by atoms with E-state index in [1.54, 1.807) is 11.8 Å². The minimum absolute atomic E-state index is 0.0618. The van der Waals surface area contributed by atoms with Crippen LogP contribution in [0.4, 0.5) is 0 Å². The predicted octanol–water partition coefficient (Wildman–Crippen LogP) is 6.08. The van der Waals surface area contributed by atoms with Crippen LogP contribution in [-0.2, 0) is 16.6 Å². The molecule has 0 N–H and O–H groups in total. The van der Waals surface area contributed by atoms with Crippen LogP contribution in [0.5, 0.6) is 0 Å². The van der Waals surface area contributed by atoms with Gasteiger partial charge >= 0.3 is 0 Å². The summed E-state index contributed by atoms with van der Waals surface area (Å²) in [5.74, 6) is 0.768. The molecule has 1 saturated heterocycles. The Balaban J connectivity index is 1.74. The van der Waals surface area contributed by atoms with Gasteiger partial charge in [0.05, 0.1) is 16.9 Å². The molecule has 2 heterocycles. The quantitative estimate of drug-likeness (QED) is 0.322. The van der Waals surface area contributed by atoms with E-state index >= 15 is 0 Å². The fourth-order valence-electron chi connectivity index (χ4n) is 6.06. The second-order valence-corrected chi connectivity index (χ2v) is 11.6. The first-order valence-electron chi connectivity index (χ1n) is 12.0. The normalized spacial score (nSPS) is 23.0. The van der Waals surface area contributed by atoms with Gasteiger partial charge in [0.25, 0.3) is 5.56 Å². The number of aromatic nitrogens is 2. The number of hydrogen-bond donors (Lipinski definition) is 0. The van der Waals surface area contributed by atoms with Gasteiger partial charge in [-0.2, -0.15) is 0 Å². The summed E-state index contributed by atoms with van der Waals surface area (Å²) >= 11 is 1.65. The number of rotatable bonds is 4. The highest BCUT2D eigenvalue weighted by Gasteiger charge is 2.45. The fraction of sp³-hybridized carbons (Fsp3) is 0.556. The molecule has 1 aromatic heterocycles. The highest BCUT2D eigenvalue weighted by molar-refractivity contribution is 7.99. The summed E-state index contributed by atoms with van der Waals surface area (Å²) in [6, 6.07) is 8.69. The van der Waals surface area contributed by atoms with Gasteiger partial charge in [-0.3, -0.25) is 9.36 Å². The lowest BCUT2D eigenvalue weighted by atomic mass is 9.68. The van der Waals surface area contributed by atoms with Gasteiger partial charge < -0.3 is 4.74 Å². The smallest absolute Gasteiger partial charge is 0.258 e. The Kier molecular flexibility index (Phi) is 5.61. The first-order valence-corrected chi connectivity index (χ1v) is 12.9. The van der Waals surface area contributed by atoms with Crippen LogP contribution in [0.15, 0.2) is 46.4 Å². The summed E-state index contributed by atoms with van der Waals surface area (Å²) in [4.78, 5) is 19.7. The number of hydrogen-bond acceptors (Lipinski definition) is 4. The zero-order chi connectivity index (χ0) is 22.5. The van der Waals surface area contributed by atoms with Crippen molar-refractivity contribution in [3.05, 3.63) is 57.9 Å². The number of fused-ring (bicyclic) bond motifs is 4. The zero-order valence-corrected chi connectivity index (χ0v) is 20.4. The van der Waals surface area contributed by atoms with E-state index in [0.717, 1.165) is 65.4 Å². The molecule has 170 valence electrons. The van der Waals surface area contributed by atoms with Crippen molar-refractivity contribution in [2.75, 3.05) is 12.4 Å². The minimum atomic E-state index is -0.230. The van der Waals surface area contributed by atoms with Gasteiger partial charge in [-0.05, 0) is 58.4 Å². The van der Waals surface area contributed by atoms with Crippen molar-refractivity contribution in [3.63, 3.8) is 0 Å². The number of ether oxygens (including phenoxy) is 1. The molecule has 5 heteroatoms. The maximum atomic E-state index is 14.4. The van der Waals surface area contributed by atoms with E-state index in [9.17, 15) is 4.79 Å². The summed E-state index contributed by atoms with van der Waals surface area (Å²) in [5, 5.41) is 0.837. The molecule has 2 aliphatic carbocycles. The predicted molar refractivity (Wildman–Crippen MR) is 132 cm³/mol. The zero-order valence-electron chi connectivity index (χ0n) is 19.6. The largest absolute Gasteiger partial charge is 0.375 e. The average Bonchev–Trinajstić information content (AvgIpc) is 3.19. The lowest BCUT2D eigenvalue weighted by molar-refractivity contribution is -0.0710. The molecular formula is C27H34N2O2S. The molecule has 1 spiro atoms. The molecule has 0 amide bonds. The van der Waals surface area contributed by atoms with Crippen LogP contribution in [0.1, 0.15) is 76.5 Å². The third-order valence-corrected chi connectivity index (χ3v) is 8.64. The highest BCUT2D eigenvalue weighted by atomic mass is 32.2. The van der Waals surface area contributed by atoms with E-state index in [4.69, 9.17) is 9.72 Å². The topological polar surface area (TPSA) is 44.1 Å². The van der Waals surface area contributed by atoms with Crippen LogP contribution < -0.4 is 5.56 Å². The van der Waals surface area contributed by atoms with Gasteiger partial charge in [0.1, 0.15) is 0 Å². The van der Waals surface area contributed by atoms with Gasteiger partial charge in [-0.25, -0.2) is 4.98 Å². The summed E-state index contributed by atoms with van der Waals surface area (Å²) in [6.45, 7) is 11.1.